The lowest BCUT2D eigenvalue weighted by Crippen LogP contribution is -2.45. The van der Waals surface area contributed by atoms with Crippen LogP contribution in [-0.2, 0) is 38.1 Å². The fraction of sp³-hybridized carbons (Fsp3) is 0.440. The summed E-state index contributed by atoms with van der Waals surface area (Å²) in [6.45, 7) is 6.30. The predicted molar refractivity (Wildman–Crippen MR) is 132 cm³/mol. The van der Waals surface area contributed by atoms with Crippen LogP contribution < -0.4 is 9.64 Å². The van der Waals surface area contributed by atoms with Gasteiger partial charge in [0.05, 0.1) is 56.3 Å². The molecule has 1 unspecified atom stereocenters. The number of hydrogen-bond acceptors (Lipinski definition) is 10. The van der Waals surface area contributed by atoms with E-state index in [2.05, 4.69) is 0 Å². The first-order chi connectivity index (χ1) is 17.2. The van der Waals surface area contributed by atoms with Gasteiger partial charge in [0.25, 0.3) is 0 Å². The zero-order chi connectivity index (χ0) is 27.0. The number of halogens is 1. The van der Waals surface area contributed by atoms with E-state index in [-0.39, 0.29) is 43.1 Å². The van der Waals surface area contributed by atoms with E-state index in [1.54, 1.807) is 52.9 Å². The third-order valence-corrected chi connectivity index (χ3v) is 5.58. The first kappa shape index (κ1) is 28.7. The molecule has 10 nitrogen and oxygen atoms in total. The van der Waals surface area contributed by atoms with Gasteiger partial charge in [-0.25, -0.2) is 19.2 Å². The lowest BCUT2D eigenvalue weighted by molar-refractivity contribution is -0.142. The maximum Gasteiger partial charge on any atom is 0.350 e. The Kier molecular flexibility index (Phi) is 10.3. The average Bonchev–Trinajstić information content (AvgIpc) is 2.85. The van der Waals surface area contributed by atoms with Crippen molar-refractivity contribution < 1.29 is 42.9 Å². The summed E-state index contributed by atoms with van der Waals surface area (Å²) in [6, 6.07) is 3.50. The molecule has 0 spiro atoms. The molecule has 1 aliphatic heterocycles. The van der Waals surface area contributed by atoms with Crippen LogP contribution in [0.5, 0.6) is 5.75 Å². The fourth-order valence-corrected chi connectivity index (χ4v) is 4.02. The summed E-state index contributed by atoms with van der Waals surface area (Å²) >= 11 is 6.38. The van der Waals surface area contributed by atoms with Crippen LogP contribution >= 0.6 is 11.6 Å². The van der Waals surface area contributed by atoms with Crippen molar-refractivity contribution in [2.24, 2.45) is 0 Å². The minimum Gasteiger partial charge on any atom is -0.497 e. The van der Waals surface area contributed by atoms with Gasteiger partial charge >= 0.3 is 23.9 Å². The molecule has 0 saturated carbocycles. The summed E-state index contributed by atoms with van der Waals surface area (Å²) in [5, 5.41) is -0.589. The Labute approximate surface area is 214 Å². The van der Waals surface area contributed by atoms with Gasteiger partial charge in [0.15, 0.2) is 0 Å². The molecule has 2 rings (SSSR count). The van der Waals surface area contributed by atoms with Crippen molar-refractivity contribution in [2.45, 2.75) is 33.7 Å². The summed E-state index contributed by atoms with van der Waals surface area (Å²) in [5.74, 6) is -3.27. The molecular weight excluding hydrogens is 494 g/mol. The molecule has 0 fully saturated rings. The molecule has 0 aliphatic carbocycles. The number of ether oxygens (including phenoxy) is 5. The first-order valence-corrected chi connectivity index (χ1v) is 11.8. The van der Waals surface area contributed by atoms with E-state index in [1.165, 1.54) is 12.0 Å². The standard InChI is InChI=1S/C25H30ClNO9/c1-7-33-22(28)17-15-13-14(32-6)11-12-16(15)27(5)21(18(17)23(29)34-8-2)19(24(30)35-9-3)20(26)25(31)36-10-4/h11-13,21H,7-10H2,1-6H3/b20-19-. The zero-order valence-corrected chi connectivity index (χ0v) is 21.9. The van der Waals surface area contributed by atoms with Crippen LogP contribution in [-0.4, -0.2) is 70.5 Å². The smallest absolute Gasteiger partial charge is 0.350 e. The molecule has 0 radical (unpaired) electrons. The number of likely N-dealkylation sites (N-methyl/N-ethyl adjacent to an activating group) is 1. The van der Waals surface area contributed by atoms with Crippen molar-refractivity contribution in [1.29, 1.82) is 0 Å². The zero-order valence-electron chi connectivity index (χ0n) is 21.1. The molecule has 1 aromatic rings. The number of methoxy groups -OCH3 is 1. The molecule has 1 heterocycles. The lowest BCUT2D eigenvalue weighted by Gasteiger charge is -2.38. The van der Waals surface area contributed by atoms with Crippen molar-refractivity contribution in [3.05, 3.63) is 39.9 Å². The highest BCUT2D eigenvalue weighted by Gasteiger charge is 2.45. The third-order valence-electron chi connectivity index (χ3n) is 5.22. The molecule has 0 amide bonds. The minimum absolute atomic E-state index is 0.0110. The SMILES string of the molecule is CCOC(=O)C1=C(C(=O)OCC)C(/C(C(=O)OCC)=C(/Cl)C(=O)OCC)N(C)c2ccc(OC)cc21. The number of carbonyl (C=O) groups excluding carboxylic acids is 4. The van der Waals surface area contributed by atoms with Gasteiger partial charge in [0.1, 0.15) is 10.8 Å². The summed E-state index contributed by atoms with van der Waals surface area (Å²) in [6.07, 6.45) is 0. The number of rotatable bonds is 10. The largest absolute Gasteiger partial charge is 0.497 e. The lowest BCUT2D eigenvalue weighted by atomic mass is 9.84. The van der Waals surface area contributed by atoms with E-state index in [4.69, 9.17) is 35.3 Å². The Morgan fingerprint density at radius 1 is 0.861 bits per heavy atom. The molecule has 0 aromatic heterocycles. The van der Waals surface area contributed by atoms with Crippen LogP contribution in [0.3, 0.4) is 0 Å². The van der Waals surface area contributed by atoms with E-state index in [1.807, 2.05) is 0 Å². The van der Waals surface area contributed by atoms with Crippen LogP contribution in [0.15, 0.2) is 34.4 Å². The Bertz CT molecular complexity index is 1090. The second-order valence-electron chi connectivity index (χ2n) is 7.29. The second-order valence-corrected chi connectivity index (χ2v) is 7.67. The summed E-state index contributed by atoms with van der Waals surface area (Å²) in [4.78, 5) is 53.9. The van der Waals surface area contributed by atoms with Crippen LogP contribution in [0.4, 0.5) is 5.69 Å². The van der Waals surface area contributed by atoms with Gasteiger partial charge in [-0.1, -0.05) is 11.6 Å². The van der Waals surface area contributed by atoms with E-state index in [0.717, 1.165) is 0 Å². The van der Waals surface area contributed by atoms with Gasteiger partial charge in [-0.3, -0.25) is 0 Å². The highest BCUT2D eigenvalue weighted by atomic mass is 35.5. The number of anilines is 1. The Morgan fingerprint density at radius 3 is 1.97 bits per heavy atom. The number of hydrogen-bond donors (Lipinski definition) is 0. The monoisotopic (exact) mass is 523 g/mol. The quantitative estimate of drug-likeness (QED) is 0.257. The predicted octanol–water partition coefficient (Wildman–Crippen LogP) is 3.01. The summed E-state index contributed by atoms with van der Waals surface area (Å²) in [7, 11) is 3.03. The molecule has 11 heteroatoms. The van der Waals surface area contributed by atoms with Crippen molar-refractivity contribution in [1.82, 2.24) is 0 Å². The van der Waals surface area contributed by atoms with Crippen LogP contribution in [0.1, 0.15) is 33.3 Å². The maximum atomic E-state index is 13.4. The van der Waals surface area contributed by atoms with Crippen LogP contribution in [0, 0.1) is 0 Å². The molecule has 0 saturated heterocycles. The van der Waals surface area contributed by atoms with Crippen molar-refractivity contribution in [3.63, 3.8) is 0 Å². The molecule has 1 aromatic carbocycles. The van der Waals surface area contributed by atoms with E-state index < -0.39 is 35.0 Å². The molecule has 0 bridgehead atoms. The van der Waals surface area contributed by atoms with Crippen molar-refractivity contribution in [3.8, 4) is 5.75 Å². The number of benzene rings is 1. The molecular formula is C25H30ClNO9. The molecule has 196 valence electrons. The number of fused-ring (bicyclic) bond motifs is 1. The first-order valence-electron chi connectivity index (χ1n) is 11.4. The van der Waals surface area contributed by atoms with Gasteiger partial charge < -0.3 is 28.6 Å². The Morgan fingerprint density at radius 2 is 1.42 bits per heavy atom. The molecule has 1 atom stereocenters. The Balaban J connectivity index is 3.04. The topological polar surface area (TPSA) is 118 Å². The normalized spacial score (nSPS) is 15.4. The number of carbonyl (C=O) groups is 4. The second kappa shape index (κ2) is 13.0. The third kappa shape index (κ3) is 5.81. The van der Waals surface area contributed by atoms with Gasteiger partial charge in [0, 0.05) is 18.3 Å². The maximum absolute atomic E-state index is 13.4. The summed E-state index contributed by atoms with van der Waals surface area (Å²) < 4.78 is 26.0. The van der Waals surface area contributed by atoms with Gasteiger partial charge in [0.2, 0.25) is 0 Å². The summed E-state index contributed by atoms with van der Waals surface area (Å²) in [5.41, 5.74) is -0.0330. The van der Waals surface area contributed by atoms with Crippen LogP contribution in [0.25, 0.3) is 5.57 Å². The van der Waals surface area contributed by atoms with Gasteiger partial charge in [-0.15, -0.1) is 0 Å². The van der Waals surface area contributed by atoms with Crippen LogP contribution in [0.2, 0.25) is 0 Å². The van der Waals surface area contributed by atoms with Gasteiger partial charge in [-0.2, -0.15) is 0 Å². The molecule has 1 aliphatic rings. The van der Waals surface area contributed by atoms with Gasteiger partial charge in [-0.05, 0) is 45.9 Å². The highest BCUT2D eigenvalue weighted by molar-refractivity contribution is 6.43. The van der Waals surface area contributed by atoms with Crippen molar-refractivity contribution >= 4 is 46.7 Å². The molecule has 36 heavy (non-hydrogen) atoms. The van der Waals surface area contributed by atoms with E-state index in [9.17, 15) is 19.2 Å². The Hall–Kier alpha value is -3.53. The van der Waals surface area contributed by atoms with E-state index >= 15 is 0 Å². The number of esters is 4. The minimum atomic E-state index is -1.35. The fourth-order valence-electron chi connectivity index (χ4n) is 3.78. The number of nitrogens with zero attached hydrogens (tertiary/aromatic N) is 1. The highest BCUT2D eigenvalue weighted by Crippen LogP contribution is 2.43. The molecule has 0 N–H and O–H groups in total. The van der Waals surface area contributed by atoms with Crippen molar-refractivity contribution in [2.75, 3.05) is 45.5 Å². The van der Waals surface area contributed by atoms with E-state index in [0.29, 0.717) is 17.0 Å². The average molecular weight is 524 g/mol.